The Labute approximate surface area is 157 Å². The SMILES string of the molecule is CCNC(=O)CC1COc2cc(OCc3ccc(Cl)cc3Cl)ccc21. The zero-order valence-electron chi connectivity index (χ0n) is 13.9. The molecule has 132 valence electrons. The Hall–Kier alpha value is -1.91. The van der Waals surface area contributed by atoms with Crippen LogP contribution in [0.2, 0.25) is 10.0 Å². The predicted octanol–water partition coefficient (Wildman–Crippen LogP) is 4.57. The van der Waals surface area contributed by atoms with Gasteiger partial charge in [-0.05, 0) is 25.1 Å². The summed E-state index contributed by atoms with van der Waals surface area (Å²) >= 11 is 12.1. The fraction of sp³-hybridized carbons (Fsp3) is 0.316. The first-order valence-electron chi connectivity index (χ1n) is 8.17. The fourth-order valence-corrected chi connectivity index (χ4v) is 3.27. The number of ether oxygens (including phenoxy) is 2. The van der Waals surface area contributed by atoms with Gasteiger partial charge < -0.3 is 14.8 Å². The van der Waals surface area contributed by atoms with Gasteiger partial charge in [0.1, 0.15) is 18.1 Å². The molecule has 3 rings (SSSR count). The molecule has 25 heavy (non-hydrogen) atoms. The third kappa shape index (κ3) is 4.39. The van der Waals surface area contributed by atoms with E-state index in [9.17, 15) is 4.79 Å². The Morgan fingerprint density at radius 3 is 2.88 bits per heavy atom. The van der Waals surface area contributed by atoms with Gasteiger partial charge in [-0.25, -0.2) is 0 Å². The highest BCUT2D eigenvalue weighted by atomic mass is 35.5. The number of hydrogen-bond acceptors (Lipinski definition) is 3. The van der Waals surface area contributed by atoms with Crippen LogP contribution in [0, 0.1) is 0 Å². The second kappa shape index (κ2) is 7.98. The molecule has 1 N–H and O–H groups in total. The minimum absolute atomic E-state index is 0.0432. The van der Waals surface area contributed by atoms with Crippen LogP contribution in [0.15, 0.2) is 36.4 Å². The standard InChI is InChI=1S/C19H19Cl2NO3/c1-2-22-19(23)7-13-11-25-18-9-15(5-6-16(13)18)24-10-12-3-4-14(20)8-17(12)21/h3-6,8-9,13H,2,7,10-11H2,1H3,(H,22,23). The van der Waals surface area contributed by atoms with Gasteiger partial charge in [-0.2, -0.15) is 0 Å². The summed E-state index contributed by atoms with van der Waals surface area (Å²) in [5, 5.41) is 3.99. The molecule has 1 aliphatic rings. The molecule has 0 bridgehead atoms. The molecular weight excluding hydrogens is 361 g/mol. The Morgan fingerprint density at radius 1 is 1.28 bits per heavy atom. The van der Waals surface area contributed by atoms with Gasteiger partial charge in [-0.1, -0.05) is 35.3 Å². The minimum Gasteiger partial charge on any atom is -0.492 e. The summed E-state index contributed by atoms with van der Waals surface area (Å²) in [4.78, 5) is 11.8. The first-order valence-corrected chi connectivity index (χ1v) is 8.92. The van der Waals surface area contributed by atoms with Crippen molar-refractivity contribution in [3.63, 3.8) is 0 Å². The summed E-state index contributed by atoms with van der Waals surface area (Å²) in [5.74, 6) is 1.60. The molecular formula is C19H19Cl2NO3. The lowest BCUT2D eigenvalue weighted by Crippen LogP contribution is -2.24. The average molecular weight is 380 g/mol. The number of hydrogen-bond donors (Lipinski definition) is 1. The maximum atomic E-state index is 11.8. The highest BCUT2D eigenvalue weighted by Gasteiger charge is 2.26. The maximum absolute atomic E-state index is 11.8. The lowest BCUT2D eigenvalue weighted by molar-refractivity contribution is -0.121. The summed E-state index contributed by atoms with van der Waals surface area (Å²) in [6, 6.07) is 11.0. The van der Waals surface area contributed by atoms with Crippen LogP contribution in [0.4, 0.5) is 0 Å². The second-order valence-electron chi connectivity index (χ2n) is 5.89. The minimum atomic E-state index is 0.0432. The molecule has 2 aromatic carbocycles. The van der Waals surface area contributed by atoms with Gasteiger partial charge in [0.05, 0.1) is 6.61 Å². The van der Waals surface area contributed by atoms with Crippen molar-refractivity contribution < 1.29 is 14.3 Å². The van der Waals surface area contributed by atoms with Gasteiger partial charge in [-0.3, -0.25) is 4.79 Å². The Bertz CT molecular complexity index is 779. The third-order valence-electron chi connectivity index (χ3n) is 4.08. The van der Waals surface area contributed by atoms with Crippen molar-refractivity contribution in [2.75, 3.05) is 13.2 Å². The third-order valence-corrected chi connectivity index (χ3v) is 4.67. The van der Waals surface area contributed by atoms with Crippen molar-refractivity contribution in [2.45, 2.75) is 25.9 Å². The summed E-state index contributed by atoms with van der Waals surface area (Å²) < 4.78 is 11.5. The van der Waals surface area contributed by atoms with Crippen molar-refractivity contribution in [1.82, 2.24) is 5.32 Å². The number of nitrogens with one attached hydrogen (secondary N) is 1. The topological polar surface area (TPSA) is 47.6 Å². The maximum Gasteiger partial charge on any atom is 0.220 e. The molecule has 0 aliphatic carbocycles. The number of carbonyl (C=O) groups is 1. The van der Waals surface area contributed by atoms with Crippen molar-refractivity contribution in [3.05, 3.63) is 57.6 Å². The van der Waals surface area contributed by atoms with Gasteiger partial charge in [0.25, 0.3) is 0 Å². The van der Waals surface area contributed by atoms with E-state index in [1.54, 1.807) is 12.1 Å². The molecule has 4 nitrogen and oxygen atoms in total. The van der Waals surface area contributed by atoms with E-state index in [2.05, 4.69) is 5.32 Å². The highest BCUT2D eigenvalue weighted by Crippen LogP contribution is 2.38. The average Bonchev–Trinajstić information content (AvgIpc) is 2.96. The summed E-state index contributed by atoms with van der Waals surface area (Å²) in [7, 11) is 0. The quantitative estimate of drug-likeness (QED) is 0.799. The second-order valence-corrected chi connectivity index (χ2v) is 6.73. The Kier molecular flexibility index (Phi) is 5.71. The Balaban J connectivity index is 1.65. The summed E-state index contributed by atoms with van der Waals surface area (Å²) in [6.45, 7) is 3.41. The normalized spacial score (nSPS) is 15.4. The predicted molar refractivity (Wildman–Crippen MR) is 98.8 cm³/mol. The van der Waals surface area contributed by atoms with Crippen molar-refractivity contribution >= 4 is 29.1 Å². The largest absolute Gasteiger partial charge is 0.492 e. The molecule has 0 aromatic heterocycles. The summed E-state index contributed by atoms with van der Waals surface area (Å²) in [5.41, 5.74) is 1.91. The lowest BCUT2D eigenvalue weighted by Gasteiger charge is -2.10. The van der Waals surface area contributed by atoms with E-state index in [1.807, 2.05) is 31.2 Å². The molecule has 1 aliphatic heterocycles. The monoisotopic (exact) mass is 379 g/mol. The van der Waals surface area contributed by atoms with Crippen LogP contribution in [0.5, 0.6) is 11.5 Å². The fourth-order valence-electron chi connectivity index (χ4n) is 2.81. The van der Waals surface area contributed by atoms with Crippen LogP contribution >= 0.6 is 23.2 Å². The molecule has 1 amide bonds. The summed E-state index contributed by atoms with van der Waals surface area (Å²) in [6.07, 6.45) is 0.432. The highest BCUT2D eigenvalue weighted by molar-refractivity contribution is 6.35. The Morgan fingerprint density at radius 2 is 2.12 bits per heavy atom. The number of fused-ring (bicyclic) bond motifs is 1. The number of rotatable bonds is 6. The molecule has 6 heteroatoms. The molecule has 0 saturated carbocycles. The van der Waals surface area contributed by atoms with E-state index in [0.717, 1.165) is 16.9 Å². The smallest absolute Gasteiger partial charge is 0.220 e. The molecule has 0 fully saturated rings. The van der Waals surface area contributed by atoms with Crippen LogP contribution in [0.3, 0.4) is 0 Å². The number of benzene rings is 2. The van der Waals surface area contributed by atoms with Gasteiger partial charge in [0, 0.05) is 46.1 Å². The van der Waals surface area contributed by atoms with Crippen LogP contribution in [0.1, 0.15) is 30.4 Å². The van der Waals surface area contributed by atoms with Crippen LogP contribution in [-0.2, 0) is 11.4 Å². The van der Waals surface area contributed by atoms with E-state index >= 15 is 0 Å². The zero-order valence-corrected chi connectivity index (χ0v) is 15.4. The van der Waals surface area contributed by atoms with E-state index in [4.69, 9.17) is 32.7 Å². The van der Waals surface area contributed by atoms with Gasteiger partial charge in [0.15, 0.2) is 0 Å². The van der Waals surface area contributed by atoms with Crippen molar-refractivity contribution in [1.29, 1.82) is 0 Å². The molecule has 0 saturated heterocycles. The van der Waals surface area contributed by atoms with Crippen LogP contribution in [0.25, 0.3) is 0 Å². The molecule has 0 spiro atoms. The number of amides is 1. The van der Waals surface area contributed by atoms with Crippen LogP contribution in [-0.4, -0.2) is 19.1 Å². The molecule has 1 heterocycles. The molecule has 1 unspecified atom stereocenters. The van der Waals surface area contributed by atoms with Gasteiger partial charge in [0.2, 0.25) is 5.91 Å². The van der Waals surface area contributed by atoms with Crippen LogP contribution < -0.4 is 14.8 Å². The zero-order chi connectivity index (χ0) is 17.8. The first-order chi connectivity index (χ1) is 12.1. The number of halogens is 2. The van der Waals surface area contributed by atoms with E-state index in [-0.39, 0.29) is 11.8 Å². The van der Waals surface area contributed by atoms with E-state index in [0.29, 0.717) is 42.0 Å². The van der Waals surface area contributed by atoms with Crippen molar-refractivity contribution in [2.24, 2.45) is 0 Å². The van der Waals surface area contributed by atoms with Crippen molar-refractivity contribution in [3.8, 4) is 11.5 Å². The number of carbonyl (C=O) groups excluding carboxylic acids is 1. The molecule has 1 atom stereocenters. The molecule has 0 radical (unpaired) electrons. The lowest BCUT2D eigenvalue weighted by atomic mass is 9.97. The van der Waals surface area contributed by atoms with E-state index < -0.39 is 0 Å². The van der Waals surface area contributed by atoms with Gasteiger partial charge in [-0.15, -0.1) is 0 Å². The molecule has 2 aromatic rings. The van der Waals surface area contributed by atoms with E-state index in [1.165, 1.54) is 0 Å². The van der Waals surface area contributed by atoms with Gasteiger partial charge >= 0.3 is 0 Å². The first kappa shape index (κ1) is 17.9.